The van der Waals surface area contributed by atoms with Crippen LogP contribution in [0.15, 0.2) is 56.8 Å². The van der Waals surface area contributed by atoms with Crippen LogP contribution in [0.5, 0.6) is 5.75 Å². The summed E-state index contributed by atoms with van der Waals surface area (Å²) in [5, 5.41) is 5.07. The van der Waals surface area contributed by atoms with Crippen LogP contribution in [0.3, 0.4) is 0 Å². The number of para-hydroxylation sites is 1. The fourth-order valence-electron chi connectivity index (χ4n) is 4.12. The van der Waals surface area contributed by atoms with Gasteiger partial charge in [-0.15, -0.1) is 0 Å². The number of ether oxygens (including phenoxy) is 2. The summed E-state index contributed by atoms with van der Waals surface area (Å²) in [5.41, 5.74) is 1.11. The highest BCUT2D eigenvalue weighted by molar-refractivity contribution is 9.10. The average Bonchev–Trinajstić information content (AvgIpc) is 2.84. The molecular formula is C25H26BrN3O4. The molecule has 2 aromatic carbocycles. The van der Waals surface area contributed by atoms with Crippen molar-refractivity contribution in [2.24, 2.45) is 5.10 Å². The highest BCUT2D eigenvalue weighted by Crippen LogP contribution is 2.32. The Hall–Kier alpha value is -3.00. The van der Waals surface area contributed by atoms with E-state index in [4.69, 9.17) is 14.5 Å². The normalized spacial score (nSPS) is 15.6. The summed E-state index contributed by atoms with van der Waals surface area (Å²) in [6, 6.07) is 12.8. The molecule has 172 valence electrons. The van der Waals surface area contributed by atoms with E-state index in [-0.39, 0.29) is 11.5 Å². The van der Waals surface area contributed by atoms with Gasteiger partial charge in [0.15, 0.2) is 6.10 Å². The quantitative estimate of drug-likeness (QED) is 0.342. The first-order valence-electron chi connectivity index (χ1n) is 11.1. The molecule has 1 aliphatic rings. The van der Waals surface area contributed by atoms with Gasteiger partial charge in [-0.2, -0.15) is 9.78 Å². The summed E-state index contributed by atoms with van der Waals surface area (Å²) >= 11 is 3.44. The molecule has 1 saturated carbocycles. The standard InChI is InChI=1S/C25H26BrN3O4/c1-16(25(31)32-2)33-22-11-7-6-10-18(22)15-27-29-23(17-8-4-3-5-9-17)28-21-13-12-19(26)14-20(21)24(29)30/h6-7,10-17H,3-5,8-9H2,1-2H3/t16-/m0/s1. The maximum Gasteiger partial charge on any atom is 0.346 e. The van der Waals surface area contributed by atoms with E-state index in [2.05, 4.69) is 21.0 Å². The summed E-state index contributed by atoms with van der Waals surface area (Å²) in [6.07, 6.45) is 6.22. The van der Waals surface area contributed by atoms with Gasteiger partial charge in [0.25, 0.3) is 5.56 Å². The first-order chi connectivity index (χ1) is 16.0. The van der Waals surface area contributed by atoms with Crippen molar-refractivity contribution >= 4 is 39.0 Å². The molecule has 8 heteroatoms. The lowest BCUT2D eigenvalue weighted by atomic mass is 9.88. The van der Waals surface area contributed by atoms with Crippen LogP contribution in [-0.4, -0.2) is 35.1 Å². The molecule has 4 rings (SSSR count). The lowest BCUT2D eigenvalue weighted by molar-refractivity contribution is -0.147. The Balaban J connectivity index is 1.77. The molecule has 0 radical (unpaired) electrons. The van der Waals surface area contributed by atoms with Crippen molar-refractivity contribution in [2.45, 2.75) is 51.0 Å². The second-order valence-corrected chi connectivity index (χ2v) is 9.06. The zero-order valence-electron chi connectivity index (χ0n) is 18.7. The number of methoxy groups -OCH3 is 1. The number of carbonyl (C=O) groups is 1. The van der Waals surface area contributed by atoms with Crippen LogP contribution in [-0.2, 0) is 9.53 Å². The van der Waals surface area contributed by atoms with Crippen LogP contribution in [0.1, 0.15) is 56.3 Å². The summed E-state index contributed by atoms with van der Waals surface area (Å²) < 4.78 is 12.8. The van der Waals surface area contributed by atoms with E-state index in [0.717, 1.165) is 30.2 Å². The van der Waals surface area contributed by atoms with Crippen molar-refractivity contribution in [1.29, 1.82) is 0 Å². The van der Waals surface area contributed by atoms with Crippen LogP contribution >= 0.6 is 15.9 Å². The molecular weight excluding hydrogens is 486 g/mol. The lowest BCUT2D eigenvalue weighted by Crippen LogP contribution is -2.26. The minimum atomic E-state index is -0.773. The van der Waals surface area contributed by atoms with Crippen LogP contribution < -0.4 is 10.3 Å². The van der Waals surface area contributed by atoms with Crippen molar-refractivity contribution in [1.82, 2.24) is 9.66 Å². The molecule has 3 aromatic rings. The third kappa shape index (κ3) is 5.16. The Morgan fingerprint density at radius 2 is 1.97 bits per heavy atom. The van der Waals surface area contributed by atoms with E-state index in [1.54, 1.807) is 25.3 Å². The number of hydrogen-bond donors (Lipinski definition) is 0. The largest absolute Gasteiger partial charge is 0.478 e. The van der Waals surface area contributed by atoms with E-state index in [1.807, 2.05) is 30.3 Å². The van der Waals surface area contributed by atoms with Gasteiger partial charge in [0.2, 0.25) is 0 Å². The van der Waals surface area contributed by atoms with Crippen LogP contribution in [0, 0.1) is 0 Å². The second kappa shape index (κ2) is 10.3. The van der Waals surface area contributed by atoms with Crippen molar-refractivity contribution in [3.8, 4) is 5.75 Å². The summed E-state index contributed by atoms with van der Waals surface area (Å²) in [7, 11) is 1.32. The second-order valence-electron chi connectivity index (χ2n) is 8.15. The third-order valence-corrected chi connectivity index (χ3v) is 6.37. The Bertz CT molecular complexity index is 1250. The van der Waals surface area contributed by atoms with Crippen molar-refractivity contribution < 1.29 is 14.3 Å². The van der Waals surface area contributed by atoms with E-state index in [0.29, 0.717) is 28.0 Å². The number of fused-ring (bicyclic) bond motifs is 1. The highest BCUT2D eigenvalue weighted by atomic mass is 79.9. The molecule has 33 heavy (non-hydrogen) atoms. The molecule has 0 aliphatic heterocycles. The van der Waals surface area contributed by atoms with Crippen molar-refractivity contribution in [3.05, 3.63) is 68.7 Å². The molecule has 0 N–H and O–H groups in total. The van der Waals surface area contributed by atoms with E-state index >= 15 is 0 Å². The zero-order valence-corrected chi connectivity index (χ0v) is 20.2. The molecule has 1 aliphatic carbocycles. The van der Waals surface area contributed by atoms with Gasteiger partial charge in [0.05, 0.1) is 24.2 Å². The van der Waals surface area contributed by atoms with Gasteiger partial charge in [0, 0.05) is 16.0 Å². The maximum absolute atomic E-state index is 13.5. The van der Waals surface area contributed by atoms with Gasteiger partial charge >= 0.3 is 5.97 Å². The first-order valence-corrected chi connectivity index (χ1v) is 11.9. The predicted octanol–water partition coefficient (Wildman–Crippen LogP) is 5.03. The van der Waals surface area contributed by atoms with Gasteiger partial charge in [-0.05, 0) is 50.1 Å². The fourth-order valence-corrected chi connectivity index (χ4v) is 4.48. The fraction of sp³-hybridized carbons (Fsp3) is 0.360. The van der Waals surface area contributed by atoms with E-state index in [1.165, 1.54) is 18.2 Å². The number of halogens is 1. The smallest absolute Gasteiger partial charge is 0.346 e. The summed E-state index contributed by atoms with van der Waals surface area (Å²) in [6.45, 7) is 1.62. The zero-order chi connectivity index (χ0) is 23.4. The average molecular weight is 512 g/mol. The topological polar surface area (TPSA) is 82.8 Å². The van der Waals surface area contributed by atoms with Gasteiger partial charge < -0.3 is 9.47 Å². The first kappa shape index (κ1) is 23.2. The molecule has 7 nitrogen and oxygen atoms in total. The SMILES string of the molecule is COC(=O)[C@H](C)Oc1ccccc1C=Nn1c(C2CCCCC2)nc2ccc(Br)cc2c1=O. The number of aromatic nitrogens is 2. The summed E-state index contributed by atoms with van der Waals surface area (Å²) in [4.78, 5) is 30.1. The molecule has 0 saturated heterocycles. The molecule has 0 bridgehead atoms. The summed E-state index contributed by atoms with van der Waals surface area (Å²) in [5.74, 6) is 0.874. The molecule has 1 atom stereocenters. The molecule has 0 amide bonds. The van der Waals surface area contributed by atoms with Gasteiger partial charge in [0.1, 0.15) is 11.6 Å². The molecule has 0 unspecified atom stereocenters. The molecule has 1 heterocycles. The van der Waals surface area contributed by atoms with Gasteiger partial charge in [-0.3, -0.25) is 4.79 Å². The Morgan fingerprint density at radius 3 is 2.73 bits per heavy atom. The van der Waals surface area contributed by atoms with Crippen LogP contribution in [0.4, 0.5) is 0 Å². The van der Waals surface area contributed by atoms with Crippen LogP contribution in [0.25, 0.3) is 10.9 Å². The lowest BCUT2D eigenvalue weighted by Gasteiger charge is -2.22. The number of nitrogens with zero attached hydrogens (tertiary/aromatic N) is 3. The highest BCUT2D eigenvalue weighted by Gasteiger charge is 2.23. The molecule has 0 spiro atoms. The maximum atomic E-state index is 13.5. The minimum Gasteiger partial charge on any atom is -0.478 e. The molecule has 1 aromatic heterocycles. The van der Waals surface area contributed by atoms with Gasteiger partial charge in [-0.1, -0.05) is 47.3 Å². The van der Waals surface area contributed by atoms with E-state index < -0.39 is 12.1 Å². The van der Waals surface area contributed by atoms with Gasteiger partial charge in [-0.25, -0.2) is 9.78 Å². The van der Waals surface area contributed by atoms with E-state index in [9.17, 15) is 9.59 Å². The monoisotopic (exact) mass is 511 g/mol. The number of esters is 1. The Labute approximate surface area is 200 Å². The Kier molecular flexibility index (Phi) is 7.23. The molecule has 1 fully saturated rings. The number of benzene rings is 2. The predicted molar refractivity (Wildman–Crippen MR) is 131 cm³/mol. The van der Waals surface area contributed by atoms with Crippen LogP contribution in [0.2, 0.25) is 0 Å². The Morgan fingerprint density at radius 1 is 1.21 bits per heavy atom. The van der Waals surface area contributed by atoms with Crippen molar-refractivity contribution in [2.75, 3.05) is 7.11 Å². The number of carbonyl (C=O) groups excluding carboxylic acids is 1. The third-order valence-electron chi connectivity index (χ3n) is 5.87. The number of hydrogen-bond acceptors (Lipinski definition) is 6. The minimum absolute atomic E-state index is 0.183. The van der Waals surface area contributed by atoms with Crippen molar-refractivity contribution in [3.63, 3.8) is 0 Å². The number of rotatable bonds is 6.